The molecule has 2 aliphatic heterocycles. The Hall–Kier alpha value is -2.56. The standard InChI is InChI=1S/C26H36N2O3/c1-8-13-26(14-9-2)17-21-22(20-12-10-11-18(3)19(20)4)28(16-15-27(21)23(26)29)24(30)31-25(5,6)7/h8-12,21-22H,1-2,13-17H2,3-7H3/t21-,22-/m0/s1. The molecule has 1 aromatic carbocycles. The van der Waals surface area contributed by atoms with E-state index in [1.807, 2.05) is 48.8 Å². The molecule has 5 heteroatoms. The molecule has 0 N–H and O–H groups in total. The lowest BCUT2D eigenvalue weighted by Crippen LogP contribution is -2.56. The number of rotatable bonds is 5. The van der Waals surface area contributed by atoms with Crippen molar-refractivity contribution in [2.75, 3.05) is 13.1 Å². The first-order valence-electron chi connectivity index (χ1n) is 11.1. The number of aryl methyl sites for hydroxylation is 1. The molecule has 31 heavy (non-hydrogen) atoms. The first-order valence-corrected chi connectivity index (χ1v) is 11.1. The highest BCUT2D eigenvalue weighted by Crippen LogP contribution is 2.49. The summed E-state index contributed by atoms with van der Waals surface area (Å²) in [7, 11) is 0. The van der Waals surface area contributed by atoms with Crippen LogP contribution in [0.2, 0.25) is 0 Å². The van der Waals surface area contributed by atoms with Crippen LogP contribution in [0.5, 0.6) is 0 Å². The van der Waals surface area contributed by atoms with Crippen LogP contribution in [0.3, 0.4) is 0 Å². The van der Waals surface area contributed by atoms with Crippen LogP contribution in [-0.2, 0) is 9.53 Å². The van der Waals surface area contributed by atoms with E-state index in [9.17, 15) is 9.59 Å². The number of benzene rings is 1. The molecular formula is C26H36N2O3. The number of carbonyl (C=O) groups is 2. The number of allylic oxidation sites excluding steroid dienone is 2. The van der Waals surface area contributed by atoms with Crippen molar-refractivity contribution in [2.24, 2.45) is 5.41 Å². The smallest absolute Gasteiger partial charge is 0.410 e. The number of ether oxygens (including phenoxy) is 1. The second-order valence-corrected chi connectivity index (χ2v) is 9.94. The zero-order chi connectivity index (χ0) is 23.0. The minimum Gasteiger partial charge on any atom is -0.444 e. The monoisotopic (exact) mass is 424 g/mol. The number of hydrogen-bond acceptors (Lipinski definition) is 3. The van der Waals surface area contributed by atoms with Gasteiger partial charge in [-0.1, -0.05) is 30.4 Å². The van der Waals surface area contributed by atoms with Crippen LogP contribution < -0.4 is 0 Å². The van der Waals surface area contributed by atoms with Gasteiger partial charge >= 0.3 is 6.09 Å². The summed E-state index contributed by atoms with van der Waals surface area (Å²) in [4.78, 5) is 30.6. The molecule has 0 radical (unpaired) electrons. The van der Waals surface area contributed by atoms with Gasteiger partial charge in [-0.15, -0.1) is 13.2 Å². The Bertz CT molecular complexity index is 873. The van der Waals surface area contributed by atoms with Crippen LogP contribution >= 0.6 is 0 Å². The zero-order valence-electron chi connectivity index (χ0n) is 19.6. The van der Waals surface area contributed by atoms with Gasteiger partial charge in [0.15, 0.2) is 0 Å². The van der Waals surface area contributed by atoms with Gasteiger partial charge < -0.3 is 9.64 Å². The average Bonchev–Trinajstić information content (AvgIpc) is 2.95. The Morgan fingerprint density at radius 3 is 2.42 bits per heavy atom. The van der Waals surface area contributed by atoms with E-state index in [1.54, 1.807) is 0 Å². The Labute approximate surface area is 186 Å². The van der Waals surface area contributed by atoms with Gasteiger partial charge in [0.2, 0.25) is 5.91 Å². The van der Waals surface area contributed by atoms with Gasteiger partial charge in [-0.3, -0.25) is 9.69 Å². The summed E-state index contributed by atoms with van der Waals surface area (Å²) in [6.45, 7) is 18.6. The first-order chi connectivity index (χ1) is 14.5. The van der Waals surface area contributed by atoms with E-state index in [4.69, 9.17) is 4.74 Å². The van der Waals surface area contributed by atoms with Crippen LogP contribution in [-0.4, -0.2) is 46.5 Å². The Kier molecular flexibility index (Phi) is 6.35. The number of amides is 2. The quantitative estimate of drug-likeness (QED) is 0.600. The lowest BCUT2D eigenvalue weighted by Gasteiger charge is -2.45. The maximum Gasteiger partial charge on any atom is 0.410 e. The Balaban J connectivity index is 2.09. The number of fused-ring (bicyclic) bond motifs is 1. The minimum atomic E-state index is -0.582. The molecule has 5 nitrogen and oxygen atoms in total. The van der Waals surface area contributed by atoms with E-state index in [-0.39, 0.29) is 24.1 Å². The summed E-state index contributed by atoms with van der Waals surface area (Å²) in [6.07, 6.45) is 5.22. The summed E-state index contributed by atoms with van der Waals surface area (Å²) in [5.41, 5.74) is 2.29. The van der Waals surface area contributed by atoms with Crippen LogP contribution in [0.4, 0.5) is 4.79 Å². The number of carbonyl (C=O) groups excluding carboxylic acids is 2. The van der Waals surface area contributed by atoms with E-state index < -0.39 is 11.0 Å². The fraction of sp³-hybridized carbons (Fsp3) is 0.538. The third-order valence-corrected chi connectivity index (χ3v) is 6.66. The average molecular weight is 425 g/mol. The van der Waals surface area contributed by atoms with Gasteiger partial charge in [0, 0.05) is 13.1 Å². The molecule has 0 saturated carbocycles. The second kappa shape index (κ2) is 8.52. The maximum atomic E-state index is 13.6. The third-order valence-electron chi connectivity index (χ3n) is 6.66. The van der Waals surface area contributed by atoms with Gasteiger partial charge in [0.25, 0.3) is 0 Å². The number of nitrogens with zero attached hydrogens (tertiary/aromatic N) is 2. The summed E-state index contributed by atoms with van der Waals surface area (Å²) in [6, 6.07) is 5.84. The molecule has 0 unspecified atom stereocenters. The molecule has 2 fully saturated rings. The van der Waals surface area contributed by atoms with E-state index in [2.05, 4.69) is 39.1 Å². The van der Waals surface area contributed by atoms with Crippen molar-refractivity contribution in [3.8, 4) is 0 Å². The molecule has 1 aromatic rings. The summed E-state index contributed by atoms with van der Waals surface area (Å²) in [5.74, 6) is 0.149. The lowest BCUT2D eigenvalue weighted by atomic mass is 9.76. The molecule has 0 aliphatic carbocycles. The third kappa shape index (κ3) is 4.28. The second-order valence-electron chi connectivity index (χ2n) is 9.94. The first kappa shape index (κ1) is 23.1. The molecule has 168 valence electrons. The number of piperazine rings is 1. The molecule has 2 aliphatic rings. The van der Waals surface area contributed by atoms with Crippen molar-refractivity contribution in [3.05, 3.63) is 60.2 Å². The van der Waals surface area contributed by atoms with Crippen molar-refractivity contribution in [2.45, 2.75) is 71.6 Å². The molecule has 3 rings (SSSR count). The normalized spacial score (nSPS) is 22.8. The Morgan fingerprint density at radius 2 is 1.84 bits per heavy atom. The molecule has 0 aromatic heterocycles. The highest BCUT2D eigenvalue weighted by atomic mass is 16.6. The highest BCUT2D eigenvalue weighted by molar-refractivity contribution is 5.86. The maximum absolute atomic E-state index is 13.6. The molecule has 0 spiro atoms. The van der Waals surface area contributed by atoms with E-state index in [0.717, 1.165) is 11.1 Å². The van der Waals surface area contributed by atoms with Gasteiger partial charge in [-0.05, 0) is 70.6 Å². The summed E-state index contributed by atoms with van der Waals surface area (Å²) >= 11 is 0. The van der Waals surface area contributed by atoms with Crippen molar-refractivity contribution in [1.29, 1.82) is 0 Å². The molecule has 2 saturated heterocycles. The van der Waals surface area contributed by atoms with E-state index >= 15 is 0 Å². The van der Waals surface area contributed by atoms with Gasteiger partial charge in [-0.2, -0.15) is 0 Å². The number of hydrogen-bond donors (Lipinski definition) is 0. The van der Waals surface area contributed by atoms with Gasteiger partial charge in [0.05, 0.1) is 17.5 Å². The SMILES string of the molecule is C=CCC1(CC=C)C[C@H]2[C@H](c3cccc(C)c3C)N(C(=O)OC(C)(C)C)CCN2C1=O. The minimum absolute atomic E-state index is 0.103. The van der Waals surface area contributed by atoms with Crippen LogP contribution in [0.1, 0.15) is 62.8 Å². The van der Waals surface area contributed by atoms with Gasteiger partial charge in [0.1, 0.15) is 5.60 Å². The molecule has 2 atom stereocenters. The van der Waals surface area contributed by atoms with Crippen molar-refractivity contribution >= 4 is 12.0 Å². The summed E-state index contributed by atoms with van der Waals surface area (Å²) < 4.78 is 5.77. The largest absolute Gasteiger partial charge is 0.444 e. The molecule has 0 bridgehead atoms. The molecular weight excluding hydrogens is 388 g/mol. The summed E-state index contributed by atoms with van der Waals surface area (Å²) in [5, 5.41) is 0. The predicted octanol–water partition coefficient (Wildman–Crippen LogP) is 5.33. The molecule has 2 heterocycles. The van der Waals surface area contributed by atoms with Crippen LogP contribution in [0, 0.1) is 19.3 Å². The zero-order valence-corrected chi connectivity index (χ0v) is 19.6. The predicted molar refractivity (Wildman–Crippen MR) is 124 cm³/mol. The molecule has 2 amide bonds. The fourth-order valence-corrected chi connectivity index (χ4v) is 5.14. The van der Waals surface area contributed by atoms with Crippen molar-refractivity contribution in [3.63, 3.8) is 0 Å². The van der Waals surface area contributed by atoms with Crippen molar-refractivity contribution < 1.29 is 14.3 Å². The Morgan fingerprint density at radius 1 is 1.19 bits per heavy atom. The van der Waals surface area contributed by atoms with Crippen LogP contribution in [0.15, 0.2) is 43.5 Å². The van der Waals surface area contributed by atoms with Gasteiger partial charge in [-0.25, -0.2) is 4.79 Å². The van der Waals surface area contributed by atoms with E-state index in [1.165, 1.54) is 5.56 Å². The van der Waals surface area contributed by atoms with Crippen molar-refractivity contribution in [1.82, 2.24) is 9.80 Å². The van der Waals surface area contributed by atoms with E-state index in [0.29, 0.717) is 32.4 Å². The topological polar surface area (TPSA) is 49.9 Å². The lowest BCUT2D eigenvalue weighted by molar-refractivity contribution is -0.139. The fourth-order valence-electron chi connectivity index (χ4n) is 5.14. The van der Waals surface area contributed by atoms with Crippen LogP contribution in [0.25, 0.3) is 0 Å². The highest BCUT2D eigenvalue weighted by Gasteiger charge is 2.56.